The van der Waals surface area contributed by atoms with Crippen LogP contribution in [0.3, 0.4) is 0 Å². The van der Waals surface area contributed by atoms with E-state index in [9.17, 15) is 13.2 Å². The SMILES string of the molecule is CC(C)(C)c1ccc(CN(Cc2cccc(NCC(=O)O)n2)S(=O)(=O)c2ccccn2)cc1.Cl. The number of nitrogens with zero attached hydrogens (tertiary/aromatic N) is 3. The van der Waals surface area contributed by atoms with Crippen LogP contribution in [0, 0.1) is 0 Å². The van der Waals surface area contributed by atoms with E-state index in [-0.39, 0.29) is 42.5 Å². The van der Waals surface area contributed by atoms with E-state index in [1.807, 2.05) is 24.3 Å². The first-order valence-electron chi connectivity index (χ1n) is 10.5. The summed E-state index contributed by atoms with van der Waals surface area (Å²) in [5.41, 5.74) is 2.47. The third-order valence-electron chi connectivity index (χ3n) is 4.99. The highest BCUT2D eigenvalue weighted by Gasteiger charge is 2.27. The number of anilines is 1. The summed E-state index contributed by atoms with van der Waals surface area (Å²) < 4.78 is 28.1. The standard InChI is InChI=1S/C24H28N4O4S.ClH/c1-24(2,3)19-12-10-18(11-13-19)16-28(33(31,32)22-9-4-5-14-25-22)17-20-7-6-8-21(27-20)26-15-23(29)30;/h4-14H,15-17H2,1-3H3,(H,26,27)(H,29,30);1H. The van der Waals surface area contributed by atoms with Crippen molar-refractivity contribution in [3.63, 3.8) is 0 Å². The Kier molecular flexibility index (Phi) is 9.14. The second-order valence-electron chi connectivity index (χ2n) is 8.65. The third kappa shape index (κ3) is 7.24. The predicted molar refractivity (Wildman–Crippen MR) is 133 cm³/mol. The summed E-state index contributed by atoms with van der Waals surface area (Å²) >= 11 is 0. The lowest BCUT2D eigenvalue weighted by molar-refractivity contribution is -0.134. The van der Waals surface area contributed by atoms with Gasteiger partial charge in [-0.3, -0.25) is 4.79 Å². The van der Waals surface area contributed by atoms with Gasteiger partial charge in [0, 0.05) is 12.7 Å². The highest BCUT2D eigenvalue weighted by molar-refractivity contribution is 7.89. The van der Waals surface area contributed by atoms with Crippen LogP contribution < -0.4 is 5.32 Å². The fourth-order valence-electron chi connectivity index (χ4n) is 3.18. The van der Waals surface area contributed by atoms with Gasteiger partial charge in [-0.15, -0.1) is 12.4 Å². The zero-order valence-electron chi connectivity index (χ0n) is 19.3. The van der Waals surface area contributed by atoms with Crippen molar-refractivity contribution in [1.29, 1.82) is 0 Å². The Morgan fingerprint density at radius 2 is 1.71 bits per heavy atom. The maximum Gasteiger partial charge on any atom is 0.322 e. The maximum atomic E-state index is 13.4. The molecule has 0 aliphatic rings. The minimum atomic E-state index is -3.91. The number of carboxylic acids is 1. The molecule has 0 aliphatic carbocycles. The van der Waals surface area contributed by atoms with Crippen molar-refractivity contribution in [2.45, 2.75) is 44.3 Å². The van der Waals surface area contributed by atoms with E-state index >= 15 is 0 Å². The van der Waals surface area contributed by atoms with Crippen LogP contribution in [0.1, 0.15) is 37.6 Å². The molecular formula is C24H29ClN4O4S. The molecule has 0 unspecified atom stereocenters. The number of nitrogens with one attached hydrogen (secondary N) is 1. The van der Waals surface area contributed by atoms with E-state index < -0.39 is 16.0 Å². The van der Waals surface area contributed by atoms with Crippen molar-refractivity contribution in [1.82, 2.24) is 14.3 Å². The second kappa shape index (κ2) is 11.4. The average Bonchev–Trinajstić information content (AvgIpc) is 2.78. The van der Waals surface area contributed by atoms with Gasteiger partial charge in [0.25, 0.3) is 10.0 Å². The van der Waals surface area contributed by atoms with Crippen molar-refractivity contribution in [2.24, 2.45) is 0 Å². The number of aliphatic carboxylic acids is 1. The Bertz CT molecular complexity index is 1200. The second-order valence-corrected chi connectivity index (χ2v) is 10.5. The van der Waals surface area contributed by atoms with Gasteiger partial charge in [-0.25, -0.2) is 18.4 Å². The van der Waals surface area contributed by atoms with Gasteiger partial charge in [-0.2, -0.15) is 4.31 Å². The number of sulfonamides is 1. The molecule has 182 valence electrons. The van der Waals surface area contributed by atoms with Crippen LogP contribution in [0.5, 0.6) is 0 Å². The topological polar surface area (TPSA) is 112 Å². The summed E-state index contributed by atoms with van der Waals surface area (Å²) in [5.74, 6) is -0.653. The molecule has 3 aromatic rings. The molecule has 34 heavy (non-hydrogen) atoms. The smallest absolute Gasteiger partial charge is 0.322 e. The van der Waals surface area contributed by atoms with Crippen LogP contribution in [-0.2, 0) is 33.3 Å². The summed E-state index contributed by atoms with van der Waals surface area (Å²) in [5, 5.41) is 11.5. The normalized spacial score (nSPS) is 11.6. The van der Waals surface area contributed by atoms with Crippen LogP contribution in [0.25, 0.3) is 0 Å². The summed E-state index contributed by atoms with van der Waals surface area (Å²) in [6, 6.07) is 17.7. The molecule has 2 aromatic heterocycles. The predicted octanol–water partition coefficient (Wildman–Crippen LogP) is 4.08. The molecule has 3 rings (SSSR count). The summed E-state index contributed by atoms with van der Waals surface area (Å²) in [4.78, 5) is 19.2. The van der Waals surface area contributed by atoms with E-state index in [2.05, 4.69) is 36.1 Å². The van der Waals surface area contributed by atoms with Gasteiger partial charge < -0.3 is 10.4 Å². The van der Waals surface area contributed by atoms with Crippen LogP contribution in [-0.4, -0.2) is 40.3 Å². The molecule has 0 saturated carbocycles. The van der Waals surface area contributed by atoms with E-state index in [4.69, 9.17) is 5.11 Å². The Hall–Kier alpha value is -3.01. The van der Waals surface area contributed by atoms with Crippen LogP contribution in [0.15, 0.2) is 71.9 Å². The molecule has 2 heterocycles. The Balaban J connectivity index is 0.00000408. The lowest BCUT2D eigenvalue weighted by atomic mass is 9.87. The largest absolute Gasteiger partial charge is 0.480 e. The Morgan fingerprint density at radius 3 is 2.29 bits per heavy atom. The molecule has 0 aliphatic heterocycles. The molecule has 1 aromatic carbocycles. The molecule has 0 fully saturated rings. The summed E-state index contributed by atoms with van der Waals surface area (Å²) in [7, 11) is -3.91. The van der Waals surface area contributed by atoms with Crippen LogP contribution in [0.2, 0.25) is 0 Å². The molecule has 8 nitrogen and oxygen atoms in total. The molecule has 2 N–H and O–H groups in total. The van der Waals surface area contributed by atoms with Crippen molar-refractivity contribution in [3.05, 3.63) is 83.7 Å². The number of rotatable bonds is 9. The molecule has 10 heteroatoms. The lowest BCUT2D eigenvalue weighted by Gasteiger charge is -2.23. The molecule has 0 radical (unpaired) electrons. The molecular weight excluding hydrogens is 476 g/mol. The summed E-state index contributed by atoms with van der Waals surface area (Å²) in [6.45, 7) is 6.22. The van der Waals surface area contributed by atoms with Gasteiger partial charge in [0.15, 0.2) is 5.03 Å². The zero-order chi connectivity index (χ0) is 24.1. The minimum Gasteiger partial charge on any atom is -0.480 e. The number of hydrogen-bond acceptors (Lipinski definition) is 6. The average molecular weight is 505 g/mol. The minimum absolute atomic E-state index is 0. The van der Waals surface area contributed by atoms with Gasteiger partial charge in [0.1, 0.15) is 12.4 Å². The van der Waals surface area contributed by atoms with Crippen molar-refractivity contribution in [3.8, 4) is 0 Å². The van der Waals surface area contributed by atoms with Crippen molar-refractivity contribution < 1.29 is 18.3 Å². The first-order valence-corrected chi connectivity index (χ1v) is 11.9. The van der Waals surface area contributed by atoms with Gasteiger partial charge >= 0.3 is 5.97 Å². The van der Waals surface area contributed by atoms with E-state index in [1.165, 1.54) is 16.6 Å². The fraction of sp³-hybridized carbons (Fsp3) is 0.292. The number of halogens is 1. The highest BCUT2D eigenvalue weighted by atomic mass is 35.5. The first-order chi connectivity index (χ1) is 15.6. The summed E-state index contributed by atoms with van der Waals surface area (Å²) in [6.07, 6.45) is 1.44. The van der Waals surface area contributed by atoms with E-state index in [0.29, 0.717) is 11.5 Å². The fourth-order valence-corrected chi connectivity index (χ4v) is 4.51. The highest BCUT2D eigenvalue weighted by Crippen LogP contribution is 2.24. The number of aromatic nitrogens is 2. The number of pyridine rings is 2. The number of benzene rings is 1. The zero-order valence-corrected chi connectivity index (χ0v) is 20.9. The van der Waals surface area contributed by atoms with Crippen molar-refractivity contribution in [2.75, 3.05) is 11.9 Å². The van der Waals surface area contributed by atoms with Gasteiger partial charge in [-0.05, 0) is 40.8 Å². The number of hydrogen-bond donors (Lipinski definition) is 2. The monoisotopic (exact) mass is 504 g/mol. The Labute approximate surface area is 206 Å². The van der Waals surface area contributed by atoms with Gasteiger partial charge in [0.2, 0.25) is 0 Å². The molecule has 0 amide bonds. The number of carboxylic acid groups (broad SMARTS) is 1. The molecule has 0 spiro atoms. The van der Waals surface area contributed by atoms with Gasteiger partial charge in [0.05, 0.1) is 12.2 Å². The molecule has 0 saturated heterocycles. The maximum absolute atomic E-state index is 13.4. The van der Waals surface area contributed by atoms with Crippen molar-refractivity contribution >= 4 is 34.2 Å². The van der Waals surface area contributed by atoms with E-state index in [0.717, 1.165) is 11.1 Å². The van der Waals surface area contributed by atoms with Crippen LogP contribution >= 0.6 is 12.4 Å². The third-order valence-corrected chi connectivity index (χ3v) is 6.69. The van der Waals surface area contributed by atoms with Gasteiger partial charge in [-0.1, -0.05) is 57.2 Å². The number of carbonyl (C=O) groups is 1. The molecule has 0 atom stereocenters. The van der Waals surface area contributed by atoms with Crippen LogP contribution in [0.4, 0.5) is 5.82 Å². The Morgan fingerprint density at radius 1 is 1.00 bits per heavy atom. The molecule has 0 bridgehead atoms. The van der Waals surface area contributed by atoms with E-state index in [1.54, 1.807) is 30.3 Å². The lowest BCUT2D eigenvalue weighted by Crippen LogP contribution is -2.31. The quantitative estimate of drug-likeness (QED) is 0.451. The first kappa shape index (κ1) is 27.2.